The maximum absolute atomic E-state index is 11.9. The lowest BCUT2D eigenvalue weighted by Gasteiger charge is -2.09. The monoisotopic (exact) mass is 554 g/mol. The molecule has 0 aliphatic rings. The van der Waals surface area contributed by atoms with Crippen LogP contribution in [-0.2, 0) is 9.53 Å². The van der Waals surface area contributed by atoms with Gasteiger partial charge in [0.2, 0.25) is 5.91 Å². The van der Waals surface area contributed by atoms with E-state index in [9.17, 15) is 9.59 Å². The summed E-state index contributed by atoms with van der Waals surface area (Å²) in [6.45, 7) is 2.53. The molecule has 0 radical (unpaired) electrons. The van der Waals surface area contributed by atoms with Gasteiger partial charge in [-0.15, -0.1) is 0 Å². The summed E-state index contributed by atoms with van der Waals surface area (Å²) in [7, 11) is 3.23. The normalized spacial score (nSPS) is 12.9. The summed E-state index contributed by atoms with van der Waals surface area (Å²) in [4.78, 5) is 23.2. The summed E-state index contributed by atoms with van der Waals surface area (Å²) in [5.41, 5.74) is 0. The summed E-state index contributed by atoms with van der Waals surface area (Å²) in [6, 6.07) is 0. The largest absolute Gasteiger partial charge is 0.447 e. The molecule has 210 valence electrons. The number of carbonyl (C=O) groups excluding carboxylic acids is 2. The van der Waals surface area contributed by atoms with E-state index in [0.717, 1.165) is 50.7 Å². The molecule has 0 saturated carbocycles. The first kappa shape index (κ1) is 35.1. The number of amides is 2. The summed E-state index contributed by atoms with van der Waals surface area (Å²) in [5, 5.41) is 23.2. The molecule has 0 aromatic heterocycles. The quantitative estimate of drug-likeness (QED) is 0.0752. The third-order valence-corrected chi connectivity index (χ3v) is 7.00. The van der Waals surface area contributed by atoms with E-state index in [1.54, 1.807) is 21.6 Å². The number of allylic oxidation sites excluding steroid dienone is 10. The lowest BCUT2D eigenvalue weighted by molar-refractivity contribution is -0.121. The van der Waals surface area contributed by atoms with Crippen molar-refractivity contribution in [3.05, 3.63) is 60.8 Å². The highest BCUT2D eigenvalue weighted by Gasteiger charge is 2.06. The molecule has 0 aromatic rings. The minimum Gasteiger partial charge on any atom is -0.447 e. The second-order valence-electron chi connectivity index (χ2n) is 7.96. The Morgan fingerprint density at radius 2 is 1.32 bits per heavy atom. The van der Waals surface area contributed by atoms with Gasteiger partial charge in [-0.2, -0.15) is 0 Å². The summed E-state index contributed by atoms with van der Waals surface area (Å²) in [5.74, 6) is 1.56. The van der Waals surface area contributed by atoms with Crippen LogP contribution in [0.15, 0.2) is 60.8 Å². The van der Waals surface area contributed by atoms with E-state index < -0.39 is 18.8 Å². The molecule has 37 heavy (non-hydrogen) atoms. The number of unbranched alkanes of at least 4 members (excludes halogenated alkanes) is 1. The number of hydrogen-bond donors (Lipinski definition) is 4. The van der Waals surface area contributed by atoms with Crippen molar-refractivity contribution in [3.8, 4) is 0 Å². The topological polar surface area (TPSA) is 108 Å². The van der Waals surface area contributed by atoms with Gasteiger partial charge in [-0.3, -0.25) is 4.79 Å². The van der Waals surface area contributed by atoms with Crippen LogP contribution in [0.5, 0.6) is 0 Å². The molecule has 0 fully saturated rings. The van der Waals surface area contributed by atoms with E-state index in [4.69, 9.17) is 14.9 Å². The van der Waals surface area contributed by atoms with Crippen molar-refractivity contribution in [3.63, 3.8) is 0 Å². The second-order valence-corrected chi connectivity index (χ2v) is 10.7. The highest BCUT2D eigenvalue weighted by molar-refractivity contribution is 8.76. The molecule has 0 aromatic carbocycles. The van der Waals surface area contributed by atoms with Crippen LogP contribution in [0.4, 0.5) is 4.79 Å². The molecule has 0 spiro atoms. The average Bonchev–Trinajstić information content (AvgIpc) is 2.90. The lowest BCUT2D eigenvalue weighted by Crippen LogP contribution is -2.30. The molecule has 7 nitrogen and oxygen atoms in total. The number of alkyl carbamates (subject to hydrolysis) is 1. The average molecular weight is 555 g/mol. The molecule has 0 rings (SSSR count). The van der Waals surface area contributed by atoms with Gasteiger partial charge in [-0.05, 0) is 44.9 Å². The molecule has 4 N–H and O–H groups in total. The number of rotatable bonds is 23. The van der Waals surface area contributed by atoms with Gasteiger partial charge in [-0.25, -0.2) is 4.79 Å². The molecule has 2 amide bonds. The van der Waals surface area contributed by atoms with Crippen LogP contribution in [0.1, 0.15) is 58.3 Å². The predicted octanol–water partition coefficient (Wildman–Crippen LogP) is 5.49. The van der Waals surface area contributed by atoms with E-state index in [0.29, 0.717) is 25.3 Å². The van der Waals surface area contributed by atoms with E-state index in [1.165, 1.54) is 0 Å². The Labute approximate surface area is 231 Å². The molecule has 0 aliphatic heterocycles. The third kappa shape index (κ3) is 28.5. The summed E-state index contributed by atoms with van der Waals surface area (Å²) < 4.78 is 4.73. The number of ether oxygens (including phenoxy) is 1. The van der Waals surface area contributed by atoms with Crippen LogP contribution in [0.3, 0.4) is 0 Å². The maximum atomic E-state index is 11.9. The Balaban J connectivity index is 3.49. The number of aliphatic hydroxyl groups excluding tert-OH is 2. The highest BCUT2D eigenvalue weighted by Crippen LogP contribution is 2.19. The summed E-state index contributed by atoms with van der Waals surface area (Å²) in [6.07, 6.45) is 27.4. The molecule has 9 heteroatoms. The van der Waals surface area contributed by atoms with Crippen molar-refractivity contribution in [2.24, 2.45) is 0 Å². The van der Waals surface area contributed by atoms with Gasteiger partial charge in [0.25, 0.3) is 0 Å². The number of aliphatic hydroxyl groups is 2. The molecule has 0 aliphatic carbocycles. The van der Waals surface area contributed by atoms with E-state index >= 15 is 0 Å². The van der Waals surface area contributed by atoms with Crippen LogP contribution in [0, 0.1) is 0 Å². The summed E-state index contributed by atoms with van der Waals surface area (Å²) >= 11 is 0. The van der Waals surface area contributed by atoms with Crippen molar-refractivity contribution < 1.29 is 24.5 Å². The van der Waals surface area contributed by atoms with Crippen molar-refractivity contribution in [1.82, 2.24) is 10.6 Å². The van der Waals surface area contributed by atoms with Crippen LogP contribution in [0.25, 0.3) is 0 Å². The third-order valence-electron chi connectivity index (χ3n) is 4.60. The van der Waals surface area contributed by atoms with Gasteiger partial charge in [0.05, 0.1) is 6.61 Å². The Bertz CT molecular complexity index is 709. The van der Waals surface area contributed by atoms with E-state index in [2.05, 4.69) is 78.3 Å². The van der Waals surface area contributed by atoms with Gasteiger partial charge in [-0.1, -0.05) is 89.3 Å². The number of nitrogens with one attached hydrogen (secondary N) is 2. The zero-order valence-electron chi connectivity index (χ0n) is 22.2. The number of carbonyl (C=O) groups is 2. The van der Waals surface area contributed by atoms with Crippen LogP contribution in [-0.4, -0.2) is 66.1 Å². The second kappa shape index (κ2) is 28.6. The highest BCUT2D eigenvalue weighted by atomic mass is 33.1. The fourth-order valence-corrected chi connectivity index (χ4v) is 4.47. The standard InChI is InChI=1S/C28H46N2O5S2/c1-2-3-4-5-6-7-8-9-10-11-12-13-14-15-16-17-18-19-27(33)29-20-22-36-37-23-21-30-28(34)35-25-26(32)24-31/h3-4,6-7,9-10,12-13,15-16,26,31-32H,2,5,8,11,14,17-25H2,1H3,(H,29,33)(H,30,34)/b4-3-,7-6-,10-9-,13-12-,16-15-. The fraction of sp³-hybridized carbons (Fsp3) is 0.571. The Kier molecular flexibility index (Phi) is 27.1. The van der Waals surface area contributed by atoms with Crippen molar-refractivity contribution in [1.29, 1.82) is 0 Å². The Morgan fingerprint density at radius 1 is 0.811 bits per heavy atom. The van der Waals surface area contributed by atoms with Crippen molar-refractivity contribution in [2.45, 2.75) is 64.4 Å². The van der Waals surface area contributed by atoms with E-state index in [1.807, 2.05) is 0 Å². The first-order valence-electron chi connectivity index (χ1n) is 13.1. The van der Waals surface area contributed by atoms with Gasteiger partial charge >= 0.3 is 6.09 Å². The van der Waals surface area contributed by atoms with E-state index in [-0.39, 0.29) is 12.5 Å². The molecule has 1 unspecified atom stereocenters. The molecule has 0 heterocycles. The molecular weight excluding hydrogens is 508 g/mol. The van der Waals surface area contributed by atoms with Crippen LogP contribution < -0.4 is 10.6 Å². The molecule has 0 bridgehead atoms. The molecule has 1 atom stereocenters. The van der Waals surface area contributed by atoms with Gasteiger partial charge in [0, 0.05) is 31.0 Å². The Morgan fingerprint density at radius 3 is 1.86 bits per heavy atom. The van der Waals surface area contributed by atoms with Crippen molar-refractivity contribution in [2.75, 3.05) is 37.8 Å². The molecular formula is C28H46N2O5S2. The predicted molar refractivity (Wildman–Crippen MR) is 159 cm³/mol. The fourth-order valence-electron chi connectivity index (χ4n) is 2.66. The first-order chi connectivity index (χ1) is 18.1. The van der Waals surface area contributed by atoms with Gasteiger partial charge in [0.15, 0.2) is 0 Å². The minimum atomic E-state index is -1.05. The Hall–Kier alpha value is -1.94. The zero-order chi connectivity index (χ0) is 27.2. The lowest BCUT2D eigenvalue weighted by atomic mass is 10.2. The SMILES string of the molecule is CC/C=C\C/C=C\C/C=C\C/C=C\C/C=C\CCCC(=O)NCCSSCCNC(=O)OCC(O)CO. The van der Waals surface area contributed by atoms with Crippen molar-refractivity contribution >= 4 is 33.6 Å². The van der Waals surface area contributed by atoms with Crippen LogP contribution >= 0.6 is 21.6 Å². The first-order valence-corrected chi connectivity index (χ1v) is 15.5. The smallest absolute Gasteiger partial charge is 0.407 e. The maximum Gasteiger partial charge on any atom is 0.407 e. The van der Waals surface area contributed by atoms with Gasteiger partial charge in [0.1, 0.15) is 12.7 Å². The minimum absolute atomic E-state index is 0.0763. The van der Waals surface area contributed by atoms with Gasteiger partial charge < -0.3 is 25.6 Å². The van der Waals surface area contributed by atoms with Crippen LogP contribution in [0.2, 0.25) is 0 Å². The number of hydrogen-bond acceptors (Lipinski definition) is 7. The molecule has 0 saturated heterocycles. The zero-order valence-corrected chi connectivity index (χ0v) is 23.8.